The van der Waals surface area contributed by atoms with E-state index in [1.807, 2.05) is 0 Å². The number of nitrogens with zero attached hydrogens (tertiary/aromatic N) is 5. The Kier molecular flexibility index (Phi) is 6.76. The van der Waals surface area contributed by atoms with Gasteiger partial charge in [-0.1, -0.05) is 32.0 Å². The quantitative estimate of drug-likeness (QED) is 0.569. The number of carbonyl (C=O) groups excluding carboxylic acids is 1. The Morgan fingerprint density at radius 3 is 2.58 bits per heavy atom. The summed E-state index contributed by atoms with van der Waals surface area (Å²) in [5.41, 5.74) is 1.37. The topological polar surface area (TPSA) is 110 Å². The highest BCUT2D eigenvalue weighted by molar-refractivity contribution is 7.89. The summed E-state index contributed by atoms with van der Waals surface area (Å²) in [6, 6.07) is 10.4. The van der Waals surface area contributed by atoms with Gasteiger partial charge in [-0.05, 0) is 42.0 Å². The molecule has 1 amide bonds. The van der Waals surface area contributed by atoms with Gasteiger partial charge >= 0.3 is 0 Å². The van der Waals surface area contributed by atoms with E-state index in [0.717, 1.165) is 4.80 Å². The third-order valence-corrected chi connectivity index (χ3v) is 6.81. The van der Waals surface area contributed by atoms with Crippen LogP contribution in [0, 0.1) is 12.7 Å². The summed E-state index contributed by atoms with van der Waals surface area (Å²) in [5.74, 6) is -0.699. The third kappa shape index (κ3) is 5.12. The van der Waals surface area contributed by atoms with Crippen LogP contribution in [-0.2, 0) is 21.4 Å². The Morgan fingerprint density at radius 2 is 1.90 bits per heavy atom. The first-order valence-corrected chi connectivity index (χ1v) is 11.1. The first kappa shape index (κ1) is 22.5. The smallest absolute Gasteiger partial charge is 0.248 e. The molecule has 2 aromatic carbocycles. The lowest BCUT2D eigenvalue weighted by atomic mass is 10.2. The van der Waals surface area contributed by atoms with Gasteiger partial charge in [-0.25, -0.2) is 12.8 Å². The number of hydrogen-bond acceptors (Lipinski definition) is 6. The molecule has 0 aliphatic heterocycles. The van der Waals surface area contributed by atoms with Crippen LogP contribution in [0.5, 0.6) is 0 Å². The maximum absolute atomic E-state index is 13.4. The van der Waals surface area contributed by atoms with Crippen LogP contribution in [0.1, 0.15) is 19.4 Å². The zero-order valence-corrected chi connectivity index (χ0v) is 18.2. The Balaban J connectivity index is 1.74. The molecule has 0 saturated carbocycles. The number of tetrazole rings is 1. The largest absolute Gasteiger partial charge is 0.324 e. The molecule has 11 heteroatoms. The molecule has 0 atom stereocenters. The Bertz CT molecular complexity index is 1190. The number of benzene rings is 2. The van der Waals surface area contributed by atoms with Crippen LogP contribution in [0.3, 0.4) is 0 Å². The second-order valence-electron chi connectivity index (χ2n) is 6.77. The lowest BCUT2D eigenvalue weighted by Crippen LogP contribution is -2.31. The highest BCUT2D eigenvalue weighted by Gasteiger charge is 2.24. The molecule has 1 aromatic heterocycles. The van der Waals surface area contributed by atoms with E-state index in [9.17, 15) is 17.6 Å². The van der Waals surface area contributed by atoms with Crippen molar-refractivity contribution in [2.24, 2.45) is 0 Å². The van der Waals surface area contributed by atoms with Crippen molar-refractivity contribution in [2.45, 2.75) is 32.2 Å². The van der Waals surface area contributed by atoms with Crippen molar-refractivity contribution in [1.82, 2.24) is 24.5 Å². The van der Waals surface area contributed by atoms with Gasteiger partial charge in [0.15, 0.2) is 0 Å². The molecule has 0 spiro atoms. The van der Waals surface area contributed by atoms with Crippen LogP contribution >= 0.6 is 0 Å². The zero-order valence-electron chi connectivity index (χ0n) is 17.4. The van der Waals surface area contributed by atoms with Crippen LogP contribution in [-0.4, -0.2) is 51.9 Å². The van der Waals surface area contributed by atoms with Crippen LogP contribution < -0.4 is 5.32 Å². The van der Waals surface area contributed by atoms with Crippen LogP contribution in [0.25, 0.3) is 11.4 Å². The summed E-state index contributed by atoms with van der Waals surface area (Å²) in [4.78, 5) is 13.6. The molecule has 0 aliphatic rings. The summed E-state index contributed by atoms with van der Waals surface area (Å²) >= 11 is 0. The number of halogens is 1. The highest BCUT2D eigenvalue weighted by atomic mass is 32.2. The van der Waals surface area contributed by atoms with Crippen LogP contribution in [0.15, 0.2) is 47.4 Å². The van der Waals surface area contributed by atoms with Gasteiger partial charge in [-0.15, -0.1) is 10.2 Å². The molecule has 0 bridgehead atoms. The predicted octanol–water partition coefficient (Wildman–Crippen LogP) is 2.46. The van der Waals surface area contributed by atoms with E-state index in [1.54, 1.807) is 39.0 Å². The first-order chi connectivity index (χ1) is 14.7. The Hall–Kier alpha value is -3.18. The number of aryl methyl sites for hydroxylation is 1. The average Bonchev–Trinajstić information content (AvgIpc) is 3.18. The molecule has 1 N–H and O–H groups in total. The molecule has 0 radical (unpaired) electrons. The van der Waals surface area contributed by atoms with Gasteiger partial charge in [0.1, 0.15) is 12.4 Å². The number of anilines is 1. The van der Waals surface area contributed by atoms with E-state index in [2.05, 4.69) is 20.7 Å². The van der Waals surface area contributed by atoms with Crippen molar-refractivity contribution in [3.63, 3.8) is 0 Å². The van der Waals surface area contributed by atoms with Gasteiger partial charge in [0, 0.05) is 24.3 Å². The highest BCUT2D eigenvalue weighted by Crippen LogP contribution is 2.23. The minimum absolute atomic E-state index is 0.140. The van der Waals surface area contributed by atoms with Crippen LogP contribution in [0.2, 0.25) is 0 Å². The van der Waals surface area contributed by atoms with Crippen molar-refractivity contribution in [1.29, 1.82) is 0 Å². The zero-order chi connectivity index (χ0) is 22.6. The molecule has 0 saturated heterocycles. The van der Waals surface area contributed by atoms with Crippen LogP contribution in [0.4, 0.5) is 10.1 Å². The Morgan fingerprint density at radius 1 is 1.16 bits per heavy atom. The number of rotatable bonds is 8. The summed E-state index contributed by atoms with van der Waals surface area (Å²) in [7, 11) is -3.67. The summed E-state index contributed by atoms with van der Waals surface area (Å²) in [6.45, 7) is 5.70. The number of hydrogen-bond donors (Lipinski definition) is 1. The molecule has 0 aliphatic carbocycles. The molecular formula is C20H23FN6O3S. The van der Waals surface area contributed by atoms with E-state index in [-0.39, 0.29) is 17.3 Å². The van der Waals surface area contributed by atoms with Crippen molar-refractivity contribution in [2.75, 3.05) is 18.4 Å². The fraction of sp³-hybridized carbons (Fsp3) is 0.300. The number of amides is 1. The number of aromatic nitrogens is 4. The average molecular weight is 447 g/mol. The monoisotopic (exact) mass is 446 g/mol. The number of sulfonamides is 1. The Labute approximate surface area is 179 Å². The molecule has 0 fully saturated rings. The first-order valence-electron chi connectivity index (χ1n) is 9.69. The second-order valence-corrected chi connectivity index (χ2v) is 8.68. The summed E-state index contributed by atoms with van der Waals surface area (Å²) < 4.78 is 40.4. The molecule has 9 nitrogen and oxygen atoms in total. The standard InChI is InChI=1S/C20H23FN6O3S/c1-4-26(5-2)31(29,30)18-12-17(10-9-14(18)3)22-19(28)13-27-24-20(23-25-27)15-7-6-8-16(21)11-15/h6-12H,4-5,13H2,1-3H3,(H,22,28). The van der Waals surface area contributed by atoms with E-state index in [4.69, 9.17) is 0 Å². The van der Waals surface area contributed by atoms with Gasteiger partial charge < -0.3 is 5.32 Å². The fourth-order valence-corrected chi connectivity index (χ4v) is 4.75. The summed E-state index contributed by atoms with van der Waals surface area (Å²) in [5, 5.41) is 14.4. The third-order valence-electron chi connectivity index (χ3n) is 4.62. The molecule has 3 aromatic rings. The van der Waals surface area contributed by atoms with E-state index in [1.165, 1.54) is 28.6 Å². The van der Waals surface area contributed by atoms with Gasteiger partial charge in [0.25, 0.3) is 0 Å². The molecule has 164 valence electrons. The number of carbonyl (C=O) groups is 1. The molecule has 0 unspecified atom stereocenters. The lowest BCUT2D eigenvalue weighted by Gasteiger charge is -2.20. The van der Waals surface area contributed by atoms with Gasteiger partial charge in [-0.3, -0.25) is 4.79 Å². The normalized spacial score (nSPS) is 11.6. The number of nitrogens with one attached hydrogen (secondary N) is 1. The van der Waals surface area contributed by atoms with Crippen molar-refractivity contribution < 1.29 is 17.6 Å². The SMILES string of the molecule is CCN(CC)S(=O)(=O)c1cc(NC(=O)Cn2nnc(-c3cccc(F)c3)n2)ccc1C. The van der Waals surface area contributed by atoms with Gasteiger partial charge in [0.05, 0.1) is 4.90 Å². The van der Waals surface area contributed by atoms with Crippen molar-refractivity contribution >= 4 is 21.6 Å². The minimum atomic E-state index is -3.67. The molecule has 3 rings (SSSR count). The van der Waals surface area contributed by atoms with E-state index >= 15 is 0 Å². The lowest BCUT2D eigenvalue weighted by molar-refractivity contribution is -0.117. The molecule has 31 heavy (non-hydrogen) atoms. The van der Waals surface area contributed by atoms with Gasteiger partial charge in [0.2, 0.25) is 21.8 Å². The molecular weight excluding hydrogens is 423 g/mol. The van der Waals surface area contributed by atoms with E-state index in [0.29, 0.717) is 29.9 Å². The maximum atomic E-state index is 13.4. The maximum Gasteiger partial charge on any atom is 0.248 e. The second kappa shape index (κ2) is 9.31. The van der Waals surface area contributed by atoms with Crippen molar-refractivity contribution in [3.8, 4) is 11.4 Å². The summed E-state index contributed by atoms with van der Waals surface area (Å²) in [6.07, 6.45) is 0. The van der Waals surface area contributed by atoms with Gasteiger partial charge in [-0.2, -0.15) is 9.10 Å². The van der Waals surface area contributed by atoms with E-state index < -0.39 is 21.7 Å². The molecule has 1 heterocycles. The predicted molar refractivity (Wildman–Crippen MR) is 113 cm³/mol. The minimum Gasteiger partial charge on any atom is -0.324 e. The fourth-order valence-electron chi connectivity index (χ4n) is 3.04. The van der Waals surface area contributed by atoms with Crippen molar-refractivity contribution in [3.05, 3.63) is 53.8 Å².